The third-order valence-electron chi connectivity index (χ3n) is 5.72. The first-order valence-electron chi connectivity index (χ1n) is 11.8. The summed E-state index contributed by atoms with van der Waals surface area (Å²) in [6, 6.07) is 7.26. The number of rotatable bonds is 12. The van der Waals surface area contributed by atoms with Gasteiger partial charge in [0.05, 0.1) is 6.04 Å². The zero-order chi connectivity index (χ0) is 26.2. The molecule has 0 saturated carbocycles. The lowest BCUT2D eigenvalue weighted by Gasteiger charge is -2.28. The summed E-state index contributed by atoms with van der Waals surface area (Å²) in [7, 11) is 0. The zero-order valence-corrected chi connectivity index (χ0v) is 20.8. The molecule has 3 atom stereocenters. The normalized spacial score (nSPS) is 17.3. The van der Waals surface area contributed by atoms with Crippen molar-refractivity contribution < 1.29 is 28.7 Å². The molecule has 1 aliphatic heterocycles. The maximum Gasteiger partial charge on any atom is 0.408 e. The highest BCUT2D eigenvalue weighted by Crippen LogP contribution is 2.19. The monoisotopic (exact) mass is 488 g/mol. The van der Waals surface area contributed by atoms with Crippen LogP contribution in [0.1, 0.15) is 52.5 Å². The summed E-state index contributed by atoms with van der Waals surface area (Å²) >= 11 is 0. The van der Waals surface area contributed by atoms with E-state index in [1.165, 1.54) is 0 Å². The smallest absolute Gasteiger partial charge is 0.408 e. The van der Waals surface area contributed by atoms with Crippen LogP contribution in [0.2, 0.25) is 0 Å². The molecular weight excluding hydrogens is 452 g/mol. The first-order chi connectivity index (χ1) is 16.4. The maximum atomic E-state index is 13.1. The molecule has 0 bridgehead atoms. The number of Topliss-reactive ketones (excluding diaryl/α,β-unsaturated/α-hetero) is 1. The third kappa shape index (κ3) is 9.03. The van der Waals surface area contributed by atoms with Crippen molar-refractivity contribution in [2.24, 2.45) is 17.6 Å². The summed E-state index contributed by atoms with van der Waals surface area (Å²) in [4.78, 5) is 61.6. The Labute approximate surface area is 205 Å². The summed E-state index contributed by atoms with van der Waals surface area (Å²) < 4.78 is 5.59. The summed E-state index contributed by atoms with van der Waals surface area (Å²) in [5.74, 6) is -3.60. The van der Waals surface area contributed by atoms with Crippen molar-refractivity contribution in [1.82, 2.24) is 16.0 Å². The fourth-order valence-electron chi connectivity index (χ4n) is 4.08. The van der Waals surface area contributed by atoms with Crippen molar-refractivity contribution in [3.05, 3.63) is 35.9 Å². The quantitative estimate of drug-likeness (QED) is 0.324. The molecule has 1 aromatic carbocycles. The molecule has 0 unspecified atom stereocenters. The Morgan fingerprint density at radius 2 is 1.77 bits per heavy atom. The topological polar surface area (TPSA) is 157 Å². The predicted molar refractivity (Wildman–Crippen MR) is 129 cm³/mol. The van der Waals surface area contributed by atoms with E-state index in [-0.39, 0.29) is 24.7 Å². The Balaban J connectivity index is 2.08. The van der Waals surface area contributed by atoms with Crippen LogP contribution in [0.3, 0.4) is 0 Å². The maximum absolute atomic E-state index is 13.1. The molecule has 0 aliphatic carbocycles. The van der Waals surface area contributed by atoms with Crippen molar-refractivity contribution >= 4 is 29.6 Å². The molecule has 0 spiro atoms. The second kappa shape index (κ2) is 12.3. The summed E-state index contributed by atoms with van der Waals surface area (Å²) in [5.41, 5.74) is 5.31. The minimum absolute atomic E-state index is 0.0225. The van der Waals surface area contributed by atoms with E-state index in [0.717, 1.165) is 5.56 Å². The largest absolute Gasteiger partial charge is 0.443 e. The van der Waals surface area contributed by atoms with Crippen LogP contribution >= 0.6 is 0 Å². The molecule has 5 N–H and O–H groups in total. The standard InChI is InChI=1S/C25H36N4O6/c1-15(2)12-19(29-24(34)35-25(3,4)14-16-8-6-5-7-9-16)23(33)28-18(20(30)21(26)31)13-17-10-11-27-22(17)32/h5-9,15,17-19H,10-14H2,1-4H3,(H2,26,31)(H,27,32)(H,28,33)(H,29,34)/t17-,18-,19-/m0/s1. The highest BCUT2D eigenvalue weighted by Gasteiger charge is 2.35. The molecule has 192 valence electrons. The number of carbonyl (C=O) groups is 5. The fourth-order valence-corrected chi connectivity index (χ4v) is 4.08. The van der Waals surface area contributed by atoms with Gasteiger partial charge in [-0.3, -0.25) is 19.2 Å². The van der Waals surface area contributed by atoms with Gasteiger partial charge in [-0.2, -0.15) is 0 Å². The number of nitrogens with one attached hydrogen (secondary N) is 3. The van der Waals surface area contributed by atoms with E-state index in [0.29, 0.717) is 19.4 Å². The van der Waals surface area contributed by atoms with Crippen LogP contribution in [0.4, 0.5) is 4.79 Å². The van der Waals surface area contributed by atoms with Gasteiger partial charge >= 0.3 is 6.09 Å². The van der Waals surface area contributed by atoms with E-state index >= 15 is 0 Å². The Morgan fingerprint density at radius 3 is 2.31 bits per heavy atom. The lowest BCUT2D eigenvalue weighted by Crippen LogP contribution is -2.55. The minimum Gasteiger partial charge on any atom is -0.443 e. The number of nitrogens with two attached hydrogens (primary N) is 1. The van der Waals surface area contributed by atoms with Crippen LogP contribution in [0.25, 0.3) is 0 Å². The van der Waals surface area contributed by atoms with Crippen molar-refractivity contribution in [2.75, 3.05) is 6.54 Å². The number of primary amides is 1. The predicted octanol–water partition coefficient (Wildman–Crippen LogP) is 1.21. The number of hydrogen-bond acceptors (Lipinski definition) is 6. The van der Waals surface area contributed by atoms with Crippen LogP contribution in [0, 0.1) is 11.8 Å². The Bertz CT molecular complexity index is 931. The third-order valence-corrected chi connectivity index (χ3v) is 5.72. The lowest BCUT2D eigenvalue weighted by atomic mass is 9.94. The number of ketones is 1. The van der Waals surface area contributed by atoms with Gasteiger partial charge in [0, 0.05) is 18.9 Å². The zero-order valence-electron chi connectivity index (χ0n) is 20.8. The molecule has 2 rings (SSSR count). The fraction of sp³-hybridized carbons (Fsp3) is 0.560. The minimum atomic E-state index is -1.27. The Hall–Kier alpha value is -3.43. The van der Waals surface area contributed by atoms with Crippen LogP contribution < -0.4 is 21.7 Å². The van der Waals surface area contributed by atoms with Crippen LogP contribution in [0.5, 0.6) is 0 Å². The van der Waals surface area contributed by atoms with E-state index in [1.54, 1.807) is 13.8 Å². The Kier molecular flexibility index (Phi) is 9.79. The second-order valence-corrected chi connectivity index (χ2v) is 9.94. The highest BCUT2D eigenvalue weighted by molar-refractivity contribution is 6.37. The summed E-state index contributed by atoms with van der Waals surface area (Å²) in [5, 5.41) is 7.76. The molecule has 0 radical (unpaired) electrons. The van der Waals surface area contributed by atoms with Crippen LogP contribution in [0.15, 0.2) is 30.3 Å². The van der Waals surface area contributed by atoms with Gasteiger partial charge < -0.3 is 26.4 Å². The van der Waals surface area contributed by atoms with E-state index in [1.807, 2.05) is 44.2 Å². The average Bonchev–Trinajstić information content (AvgIpc) is 3.16. The summed E-state index contributed by atoms with van der Waals surface area (Å²) in [6.07, 6.45) is 0.387. The molecular formula is C25H36N4O6. The molecule has 1 saturated heterocycles. The van der Waals surface area contributed by atoms with E-state index < -0.39 is 47.3 Å². The molecule has 4 amide bonds. The number of hydrogen-bond donors (Lipinski definition) is 4. The molecule has 1 heterocycles. The molecule has 1 fully saturated rings. The first kappa shape index (κ1) is 27.8. The average molecular weight is 489 g/mol. The van der Waals surface area contributed by atoms with Gasteiger partial charge in [0.25, 0.3) is 5.91 Å². The van der Waals surface area contributed by atoms with Gasteiger partial charge in [-0.15, -0.1) is 0 Å². The highest BCUT2D eigenvalue weighted by atomic mass is 16.6. The number of carbonyl (C=O) groups excluding carboxylic acids is 5. The van der Waals surface area contributed by atoms with Crippen LogP contribution in [-0.2, 0) is 30.3 Å². The first-order valence-corrected chi connectivity index (χ1v) is 11.8. The summed E-state index contributed by atoms with van der Waals surface area (Å²) in [6.45, 7) is 7.75. The SMILES string of the molecule is CC(C)C[C@H](NC(=O)OC(C)(C)Cc1ccccc1)C(=O)N[C@@H](C[C@@H]1CCNC1=O)C(=O)C(N)=O. The van der Waals surface area contributed by atoms with Gasteiger partial charge in [0.2, 0.25) is 17.6 Å². The van der Waals surface area contributed by atoms with Gasteiger partial charge in [-0.25, -0.2) is 4.79 Å². The molecule has 10 heteroatoms. The van der Waals surface area contributed by atoms with Gasteiger partial charge in [0.15, 0.2) is 0 Å². The van der Waals surface area contributed by atoms with Gasteiger partial charge in [-0.05, 0) is 44.6 Å². The molecule has 1 aromatic rings. The Morgan fingerprint density at radius 1 is 1.11 bits per heavy atom. The van der Waals surface area contributed by atoms with Crippen molar-refractivity contribution in [3.8, 4) is 0 Å². The number of amides is 4. The van der Waals surface area contributed by atoms with Crippen molar-refractivity contribution in [3.63, 3.8) is 0 Å². The second-order valence-electron chi connectivity index (χ2n) is 9.94. The van der Waals surface area contributed by atoms with E-state index in [4.69, 9.17) is 10.5 Å². The lowest BCUT2D eigenvalue weighted by molar-refractivity contribution is -0.139. The van der Waals surface area contributed by atoms with E-state index in [2.05, 4.69) is 16.0 Å². The van der Waals surface area contributed by atoms with E-state index in [9.17, 15) is 24.0 Å². The van der Waals surface area contributed by atoms with Crippen molar-refractivity contribution in [1.29, 1.82) is 0 Å². The number of benzene rings is 1. The number of alkyl carbamates (subject to hydrolysis) is 1. The van der Waals surface area contributed by atoms with Gasteiger partial charge in [0.1, 0.15) is 11.6 Å². The van der Waals surface area contributed by atoms with Gasteiger partial charge in [-0.1, -0.05) is 44.2 Å². The molecule has 35 heavy (non-hydrogen) atoms. The van der Waals surface area contributed by atoms with Crippen molar-refractivity contribution in [2.45, 2.75) is 71.1 Å². The van der Waals surface area contributed by atoms with Crippen LogP contribution in [-0.4, -0.2) is 53.8 Å². The molecule has 1 aliphatic rings. The number of ether oxygens (including phenoxy) is 1. The molecule has 0 aromatic heterocycles. The molecule has 10 nitrogen and oxygen atoms in total.